The van der Waals surface area contributed by atoms with Gasteiger partial charge in [0.15, 0.2) is 0 Å². The molecule has 1 heterocycles. The van der Waals surface area contributed by atoms with Crippen LogP contribution in [0.3, 0.4) is 0 Å². The molecule has 0 radical (unpaired) electrons. The van der Waals surface area contributed by atoms with E-state index in [2.05, 4.69) is 53.7 Å². The molecule has 0 atom stereocenters. The van der Waals surface area contributed by atoms with Crippen LogP contribution in [0.15, 0.2) is 12.1 Å². The first-order chi connectivity index (χ1) is 8.91. The first-order valence-electron chi connectivity index (χ1n) is 6.81. The largest absolute Gasteiger partial charge is 0.135 e. The van der Waals surface area contributed by atoms with Gasteiger partial charge in [0.25, 0.3) is 0 Å². The Kier molecular flexibility index (Phi) is 2.72. The Morgan fingerprint density at radius 1 is 0.579 bits per heavy atom. The fourth-order valence-corrected chi connectivity index (χ4v) is 4.26. The van der Waals surface area contributed by atoms with Gasteiger partial charge in [-0.25, -0.2) is 0 Å². The zero-order chi connectivity index (χ0) is 13.9. The Balaban J connectivity index is 2.61. The second kappa shape index (κ2) is 4.08. The second-order valence-electron chi connectivity index (χ2n) is 5.74. The van der Waals surface area contributed by atoms with E-state index in [1.165, 1.54) is 53.6 Å². The lowest BCUT2D eigenvalue weighted by Gasteiger charge is -2.07. The van der Waals surface area contributed by atoms with Gasteiger partial charge in [-0.1, -0.05) is 0 Å². The standard InChI is InChI=1S/C18H20S/c1-9-7-15-16-8-10(2)12(4)14(6)18(16)19-17(15)13(5)11(9)3/h7-8H,1-6H3. The summed E-state index contributed by atoms with van der Waals surface area (Å²) in [6, 6.07) is 4.73. The minimum atomic E-state index is 1.40. The number of hydrogen-bond donors (Lipinski definition) is 0. The lowest BCUT2D eigenvalue weighted by molar-refractivity contribution is 1.30. The molecule has 0 saturated carbocycles. The predicted molar refractivity (Wildman–Crippen MR) is 87.8 cm³/mol. The summed E-state index contributed by atoms with van der Waals surface area (Å²) in [7, 11) is 0. The van der Waals surface area contributed by atoms with Gasteiger partial charge in [-0.05, 0) is 87.1 Å². The molecule has 98 valence electrons. The molecule has 0 nitrogen and oxygen atoms in total. The van der Waals surface area contributed by atoms with Crippen LogP contribution in [0.2, 0.25) is 0 Å². The highest BCUT2D eigenvalue weighted by Crippen LogP contribution is 2.40. The van der Waals surface area contributed by atoms with E-state index in [0.717, 1.165) is 0 Å². The van der Waals surface area contributed by atoms with Crippen molar-refractivity contribution in [1.82, 2.24) is 0 Å². The van der Waals surface area contributed by atoms with E-state index in [9.17, 15) is 0 Å². The monoisotopic (exact) mass is 268 g/mol. The van der Waals surface area contributed by atoms with E-state index in [-0.39, 0.29) is 0 Å². The van der Waals surface area contributed by atoms with Gasteiger partial charge in [-0.15, -0.1) is 11.3 Å². The number of rotatable bonds is 0. The smallest absolute Gasteiger partial charge is 0.0387 e. The van der Waals surface area contributed by atoms with Crippen molar-refractivity contribution in [1.29, 1.82) is 0 Å². The van der Waals surface area contributed by atoms with Gasteiger partial charge in [0.1, 0.15) is 0 Å². The third-order valence-corrected chi connectivity index (χ3v) is 6.15. The zero-order valence-corrected chi connectivity index (χ0v) is 13.4. The van der Waals surface area contributed by atoms with Gasteiger partial charge in [-0.2, -0.15) is 0 Å². The molecule has 0 amide bonds. The highest BCUT2D eigenvalue weighted by Gasteiger charge is 2.14. The number of benzene rings is 2. The van der Waals surface area contributed by atoms with Crippen molar-refractivity contribution in [3.05, 3.63) is 45.5 Å². The summed E-state index contributed by atoms with van der Waals surface area (Å²) in [5.41, 5.74) is 8.58. The second-order valence-corrected chi connectivity index (χ2v) is 6.76. The third kappa shape index (κ3) is 1.64. The summed E-state index contributed by atoms with van der Waals surface area (Å²) in [6.07, 6.45) is 0. The molecule has 0 aliphatic heterocycles. The lowest BCUT2D eigenvalue weighted by Crippen LogP contribution is -1.87. The molecule has 1 heteroatoms. The molecule has 0 unspecified atom stereocenters. The van der Waals surface area contributed by atoms with Crippen molar-refractivity contribution in [2.24, 2.45) is 0 Å². The van der Waals surface area contributed by atoms with Crippen LogP contribution >= 0.6 is 11.3 Å². The molecule has 0 fully saturated rings. The van der Waals surface area contributed by atoms with Crippen molar-refractivity contribution < 1.29 is 0 Å². The van der Waals surface area contributed by atoms with Gasteiger partial charge in [-0.3, -0.25) is 0 Å². The predicted octanol–water partition coefficient (Wildman–Crippen LogP) is 5.91. The van der Waals surface area contributed by atoms with Crippen molar-refractivity contribution in [2.45, 2.75) is 41.5 Å². The highest BCUT2D eigenvalue weighted by molar-refractivity contribution is 7.26. The summed E-state index contributed by atoms with van der Waals surface area (Å²) >= 11 is 1.96. The molecule has 0 saturated heterocycles. The van der Waals surface area contributed by atoms with Crippen molar-refractivity contribution in [3.63, 3.8) is 0 Å². The Labute approximate surface area is 119 Å². The average Bonchev–Trinajstić information content (AvgIpc) is 2.73. The Morgan fingerprint density at radius 3 is 1.32 bits per heavy atom. The fraction of sp³-hybridized carbons (Fsp3) is 0.333. The van der Waals surface area contributed by atoms with E-state index in [1.54, 1.807) is 0 Å². The molecule has 0 aliphatic rings. The molecule has 0 N–H and O–H groups in total. The van der Waals surface area contributed by atoms with Crippen LogP contribution < -0.4 is 0 Å². The quantitative estimate of drug-likeness (QED) is 0.476. The minimum absolute atomic E-state index is 1.40. The molecular weight excluding hydrogens is 248 g/mol. The van der Waals surface area contributed by atoms with E-state index in [4.69, 9.17) is 0 Å². The van der Waals surface area contributed by atoms with Crippen molar-refractivity contribution in [2.75, 3.05) is 0 Å². The van der Waals surface area contributed by atoms with Gasteiger partial charge >= 0.3 is 0 Å². The number of thiophene rings is 1. The van der Waals surface area contributed by atoms with E-state index in [1.807, 2.05) is 11.3 Å². The van der Waals surface area contributed by atoms with Crippen LogP contribution in [0.5, 0.6) is 0 Å². The summed E-state index contributed by atoms with van der Waals surface area (Å²) in [5.74, 6) is 0. The van der Waals surface area contributed by atoms with Crippen LogP contribution in [0.1, 0.15) is 33.4 Å². The topological polar surface area (TPSA) is 0 Å². The van der Waals surface area contributed by atoms with Crippen LogP contribution in [-0.4, -0.2) is 0 Å². The maximum atomic E-state index is 2.37. The molecule has 0 spiro atoms. The molecular formula is C18H20S. The summed E-state index contributed by atoms with van der Waals surface area (Å²) in [5, 5.41) is 2.87. The minimum Gasteiger partial charge on any atom is -0.135 e. The lowest BCUT2D eigenvalue weighted by atomic mass is 9.97. The average molecular weight is 268 g/mol. The van der Waals surface area contributed by atoms with Gasteiger partial charge in [0.2, 0.25) is 0 Å². The summed E-state index contributed by atoms with van der Waals surface area (Å²) < 4.78 is 2.93. The molecule has 1 aromatic heterocycles. The Morgan fingerprint density at radius 2 is 0.947 bits per heavy atom. The van der Waals surface area contributed by atoms with Gasteiger partial charge in [0, 0.05) is 20.2 Å². The molecule has 0 bridgehead atoms. The molecule has 3 rings (SSSR count). The van der Waals surface area contributed by atoms with E-state index < -0.39 is 0 Å². The summed E-state index contributed by atoms with van der Waals surface area (Å²) in [4.78, 5) is 0. The molecule has 19 heavy (non-hydrogen) atoms. The van der Waals surface area contributed by atoms with Gasteiger partial charge < -0.3 is 0 Å². The van der Waals surface area contributed by atoms with Crippen LogP contribution in [0.4, 0.5) is 0 Å². The van der Waals surface area contributed by atoms with E-state index >= 15 is 0 Å². The summed E-state index contributed by atoms with van der Waals surface area (Å²) in [6.45, 7) is 13.4. The molecule has 3 aromatic rings. The first-order valence-corrected chi connectivity index (χ1v) is 7.63. The SMILES string of the molecule is Cc1cc2c(sc3c(C)c(C)c(C)cc32)c(C)c1C. The number of hydrogen-bond acceptors (Lipinski definition) is 1. The fourth-order valence-electron chi connectivity index (χ4n) is 2.88. The van der Waals surface area contributed by atoms with Crippen molar-refractivity contribution in [3.8, 4) is 0 Å². The zero-order valence-electron chi connectivity index (χ0n) is 12.6. The van der Waals surface area contributed by atoms with Crippen LogP contribution in [0.25, 0.3) is 20.2 Å². The van der Waals surface area contributed by atoms with Gasteiger partial charge in [0.05, 0.1) is 0 Å². The molecule has 2 aromatic carbocycles. The maximum Gasteiger partial charge on any atom is 0.0387 e. The third-order valence-electron chi connectivity index (χ3n) is 4.69. The first kappa shape index (κ1) is 12.7. The van der Waals surface area contributed by atoms with Crippen LogP contribution in [0, 0.1) is 41.5 Å². The highest BCUT2D eigenvalue weighted by atomic mass is 32.1. The maximum absolute atomic E-state index is 2.37. The molecule has 0 aliphatic carbocycles. The number of fused-ring (bicyclic) bond motifs is 3. The van der Waals surface area contributed by atoms with E-state index in [0.29, 0.717) is 0 Å². The normalized spacial score (nSPS) is 11.7. The Bertz CT molecular complexity index is 751. The number of aryl methyl sites for hydroxylation is 4. The Hall–Kier alpha value is -1.34. The van der Waals surface area contributed by atoms with Crippen LogP contribution in [-0.2, 0) is 0 Å². The van der Waals surface area contributed by atoms with Crippen molar-refractivity contribution >= 4 is 31.5 Å².